The van der Waals surface area contributed by atoms with Gasteiger partial charge >= 0.3 is 0 Å². The average molecular weight is 288 g/mol. The van der Waals surface area contributed by atoms with Crippen LogP contribution in [0.15, 0.2) is 11.4 Å². The molecule has 20 heavy (non-hydrogen) atoms. The van der Waals surface area contributed by atoms with E-state index in [9.17, 15) is 0 Å². The van der Waals surface area contributed by atoms with Crippen molar-refractivity contribution in [2.45, 2.75) is 39.3 Å². The summed E-state index contributed by atoms with van der Waals surface area (Å²) >= 11 is 1.69. The lowest BCUT2D eigenvalue weighted by Gasteiger charge is -2.21. The number of thiazole rings is 1. The van der Waals surface area contributed by atoms with Crippen molar-refractivity contribution in [1.82, 2.24) is 9.97 Å². The fourth-order valence-electron chi connectivity index (χ4n) is 2.79. The molecule has 0 bridgehead atoms. The van der Waals surface area contributed by atoms with E-state index in [0.717, 1.165) is 41.5 Å². The van der Waals surface area contributed by atoms with E-state index >= 15 is 0 Å². The van der Waals surface area contributed by atoms with Crippen molar-refractivity contribution in [3.63, 3.8) is 0 Å². The number of rotatable bonds is 4. The van der Waals surface area contributed by atoms with Gasteiger partial charge in [0.15, 0.2) is 0 Å². The minimum Gasteiger partial charge on any atom is -0.353 e. The fourth-order valence-corrected chi connectivity index (χ4v) is 3.39. The number of pyridine rings is 1. The third-order valence-electron chi connectivity index (χ3n) is 3.75. The number of fused-ring (bicyclic) bond motifs is 1. The van der Waals surface area contributed by atoms with Gasteiger partial charge in [0.1, 0.15) is 5.82 Å². The Morgan fingerprint density at radius 2 is 2.20 bits per heavy atom. The molecule has 2 aromatic rings. The lowest BCUT2D eigenvalue weighted by atomic mass is 10.1. The van der Waals surface area contributed by atoms with Gasteiger partial charge in [0.2, 0.25) is 0 Å². The van der Waals surface area contributed by atoms with Crippen LogP contribution >= 0.6 is 11.3 Å². The summed E-state index contributed by atoms with van der Waals surface area (Å²) < 4.78 is 0. The molecule has 0 unspecified atom stereocenters. The van der Waals surface area contributed by atoms with E-state index in [4.69, 9.17) is 10.7 Å². The molecule has 0 aliphatic heterocycles. The van der Waals surface area contributed by atoms with E-state index < -0.39 is 0 Å². The summed E-state index contributed by atoms with van der Waals surface area (Å²) in [5, 5.41) is 3.22. The van der Waals surface area contributed by atoms with Crippen LogP contribution < -0.4 is 10.6 Å². The highest BCUT2D eigenvalue weighted by atomic mass is 32.1. The van der Waals surface area contributed by atoms with Gasteiger partial charge in [-0.2, -0.15) is 0 Å². The Labute approximate surface area is 123 Å². The number of hydrogen-bond donors (Lipinski definition) is 1. The molecule has 4 nitrogen and oxygen atoms in total. The first-order valence-corrected chi connectivity index (χ1v) is 7.89. The average Bonchev–Trinajstić information content (AvgIpc) is 3.05. The topological polar surface area (TPSA) is 55.0 Å². The molecule has 0 amide bonds. The smallest absolute Gasteiger partial charge is 0.133 e. The zero-order valence-corrected chi connectivity index (χ0v) is 12.8. The summed E-state index contributed by atoms with van der Waals surface area (Å²) in [7, 11) is 2.07. The molecule has 3 rings (SSSR count). The Morgan fingerprint density at radius 1 is 1.35 bits per heavy atom. The lowest BCUT2D eigenvalue weighted by Crippen LogP contribution is -2.21. The molecule has 5 heteroatoms. The van der Waals surface area contributed by atoms with Gasteiger partial charge < -0.3 is 10.6 Å². The zero-order chi connectivity index (χ0) is 14.1. The second kappa shape index (κ2) is 5.50. The van der Waals surface area contributed by atoms with Crippen LogP contribution in [0.5, 0.6) is 0 Å². The Hall–Kier alpha value is -1.46. The minimum absolute atomic E-state index is 0.538. The van der Waals surface area contributed by atoms with Gasteiger partial charge in [0, 0.05) is 30.2 Å². The van der Waals surface area contributed by atoms with Crippen LogP contribution in [0.1, 0.15) is 33.9 Å². The predicted molar refractivity (Wildman–Crippen MR) is 83.1 cm³/mol. The first-order valence-electron chi connectivity index (χ1n) is 7.01. The lowest BCUT2D eigenvalue weighted by molar-refractivity contribution is 0.842. The van der Waals surface area contributed by atoms with Gasteiger partial charge in [-0.15, -0.1) is 11.3 Å². The molecular formula is C15H20N4S. The quantitative estimate of drug-likeness (QED) is 0.939. The van der Waals surface area contributed by atoms with E-state index in [1.165, 1.54) is 17.7 Å². The summed E-state index contributed by atoms with van der Waals surface area (Å²) in [6, 6.07) is 2.24. The second-order valence-corrected chi connectivity index (χ2v) is 6.41. The third-order valence-corrected chi connectivity index (χ3v) is 4.58. The molecular weight excluding hydrogens is 268 g/mol. The van der Waals surface area contributed by atoms with E-state index in [1.807, 2.05) is 6.92 Å². The predicted octanol–water partition coefficient (Wildman–Crippen LogP) is 2.43. The van der Waals surface area contributed by atoms with Crippen LogP contribution in [0.2, 0.25) is 0 Å². The molecule has 2 N–H and O–H groups in total. The van der Waals surface area contributed by atoms with Gasteiger partial charge in [0.05, 0.1) is 17.2 Å². The van der Waals surface area contributed by atoms with Crippen LogP contribution in [-0.4, -0.2) is 17.0 Å². The van der Waals surface area contributed by atoms with E-state index in [1.54, 1.807) is 11.3 Å². The molecule has 0 spiro atoms. The van der Waals surface area contributed by atoms with Gasteiger partial charge in [-0.25, -0.2) is 9.97 Å². The maximum absolute atomic E-state index is 5.90. The summed E-state index contributed by atoms with van der Waals surface area (Å²) in [6.07, 6.45) is 3.45. The molecule has 0 atom stereocenters. The first kappa shape index (κ1) is 13.5. The Bertz CT molecular complexity index is 620. The van der Waals surface area contributed by atoms with Crippen LogP contribution in [0.3, 0.4) is 0 Å². The van der Waals surface area contributed by atoms with Gasteiger partial charge in [-0.05, 0) is 37.8 Å². The van der Waals surface area contributed by atoms with Gasteiger partial charge in [0.25, 0.3) is 0 Å². The Balaban J connectivity index is 1.88. The molecule has 2 aromatic heterocycles. The van der Waals surface area contributed by atoms with Crippen molar-refractivity contribution < 1.29 is 0 Å². The molecule has 0 fully saturated rings. The van der Waals surface area contributed by atoms with Crippen LogP contribution in [0.4, 0.5) is 5.82 Å². The number of aryl methyl sites for hydroxylation is 3. The van der Waals surface area contributed by atoms with Crippen molar-refractivity contribution in [2.24, 2.45) is 5.73 Å². The molecule has 0 radical (unpaired) electrons. The zero-order valence-electron chi connectivity index (χ0n) is 12.0. The first-order chi connectivity index (χ1) is 9.67. The highest BCUT2D eigenvalue weighted by molar-refractivity contribution is 7.09. The second-order valence-electron chi connectivity index (χ2n) is 5.35. The van der Waals surface area contributed by atoms with Crippen molar-refractivity contribution in [3.05, 3.63) is 39.0 Å². The molecule has 0 saturated carbocycles. The number of aromatic nitrogens is 2. The summed E-state index contributed by atoms with van der Waals surface area (Å²) in [4.78, 5) is 11.5. The Morgan fingerprint density at radius 3 is 2.90 bits per heavy atom. The maximum atomic E-state index is 5.90. The molecule has 2 heterocycles. The van der Waals surface area contributed by atoms with Crippen molar-refractivity contribution >= 4 is 17.2 Å². The summed E-state index contributed by atoms with van der Waals surface area (Å²) in [5.41, 5.74) is 10.8. The third kappa shape index (κ3) is 2.55. The van der Waals surface area contributed by atoms with E-state index in [2.05, 4.69) is 28.4 Å². The molecule has 0 saturated heterocycles. The maximum Gasteiger partial charge on any atom is 0.133 e. The van der Waals surface area contributed by atoms with Crippen LogP contribution in [0, 0.1) is 6.92 Å². The van der Waals surface area contributed by atoms with Gasteiger partial charge in [-0.3, -0.25) is 0 Å². The minimum atomic E-state index is 0.538. The Kier molecular flexibility index (Phi) is 3.72. The van der Waals surface area contributed by atoms with Crippen LogP contribution in [-0.2, 0) is 25.9 Å². The van der Waals surface area contributed by atoms with E-state index in [-0.39, 0.29) is 0 Å². The molecule has 0 aromatic carbocycles. The van der Waals surface area contributed by atoms with Crippen molar-refractivity contribution in [3.8, 4) is 0 Å². The molecule has 1 aliphatic carbocycles. The highest BCUT2D eigenvalue weighted by Crippen LogP contribution is 2.27. The van der Waals surface area contributed by atoms with Gasteiger partial charge in [-0.1, -0.05) is 0 Å². The SMILES string of the molecule is Cc1nc(CN(C)c2nc3c(cc2CN)CCC3)cs1. The highest BCUT2D eigenvalue weighted by Gasteiger charge is 2.18. The fraction of sp³-hybridized carbons (Fsp3) is 0.467. The molecule has 1 aliphatic rings. The number of nitrogens with zero attached hydrogens (tertiary/aromatic N) is 3. The standard InChI is InChI=1S/C15H20N4S/c1-10-17-13(9-20-10)8-19(2)15-12(7-16)6-11-4-3-5-14(11)18-15/h6,9H,3-5,7-8,16H2,1-2H3. The summed E-state index contributed by atoms with van der Waals surface area (Å²) in [6.45, 7) is 3.35. The van der Waals surface area contributed by atoms with Crippen LogP contribution in [0.25, 0.3) is 0 Å². The van der Waals surface area contributed by atoms with E-state index in [0.29, 0.717) is 6.54 Å². The monoisotopic (exact) mass is 288 g/mol. The van der Waals surface area contributed by atoms with Crippen molar-refractivity contribution in [2.75, 3.05) is 11.9 Å². The number of hydrogen-bond acceptors (Lipinski definition) is 5. The summed E-state index contributed by atoms with van der Waals surface area (Å²) in [5.74, 6) is 1.01. The number of nitrogens with two attached hydrogens (primary N) is 1. The molecule has 106 valence electrons. The number of anilines is 1. The van der Waals surface area contributed by atoms with Crippen molar-refractivity contribution in [1.29, 1.82) is 0 Å². The largest absolute Gasteiger partial charge is 0.353 e. The normalized spacial score (nSPS) is 13.6.